The average Bonchev–Trinajstić information content (AvgIpc) is 3.62. The number of rotatable bonds is 80. The zero-order chi connectivity index (χ0) is 64.2. The Labute approximate surface area is 559 Å². The third-order valence-electron chi connectivity index (χ3n) is 20.2. The molecule has 0 aliphatic rings. The van der Waals surface area contributed by atoms with Crippen molar-refractivity contribution >= 4 is 11.9 Å². The van der Waals surface area contributed by atoms with Crippen molar-refractivity contribution < 1.29 is 24.5 Å². The Kier molecular flexibility index (Phi) is 78.3. The van der Waals surface area contributed by atoms with Crippen molar-refractivity contribution in [2.24, 2.45) is 0 Å². The van der Waals surface area contributed by atoms with Crippen molar-refractivity contribution in [3.63, 3.8) is 0 Å². The van der Waals surface area contributed by atoms with Crippen LogP contribution in [0.15, 0.2) is 0 Å². The Hall–Kier alpha value is -1.14. The van der Waals surface area contributed by atoms with Crippen LogP contribution in [0.4, 0.5) is 0 Å². The first kappa shape index (κ1) is 87.9. The lowest BCUT2D eigenvalue weighted by molar-refractivity contribution is -0.143. The highest BCUT2D eigenvalue weighted by molar-refractivity contribution is 5.76. The van der Waals surface area contributed by atoms with Crippen molar-refractivity contribution in [1.29, 1.82) is 0 Å². The minimum absolute atomic E-state index is 0.0237. The fourth-order valence-corrected chi connectivity index (χ4v) is 13.8. The number of carbonyl (C=O) groups excluding carboxylic acids is 2. The molecule has 0 heterocycles. The van der Waals surface area contributed by atoms with Crippen molar-refractivity contribution in [1.82, 2.24) is 5.32 Å². The molecule has 1 amide bonds. The molecule has 0 aromatic carbocycles. The zero-order valence-corrected chi connectivity index (χ0v) is 61.2. The average molecular weight is 1260 g/mol. The molecule has 89 heavy (non-hydrogen) atoms. The molecule has 6 heteroatoms. The quantitative estimate of drug-likeness (QED) is 0.0417. The lowest BCUT2D eigenvalue weighted by atomic mass is 10.0. The first-order valence-corrected chi connectivity index (χ1v) is 41.8. The number of ether oxygens (including phenoxy) is 1. The summed E-state index contributed by atoms with van der Waals surface area (Å²) < 4.78 is 5.51. The van der Waals surface area contributed by atoms with Gasteiger partial charge in [0.15, 0.2) is 0 Å². The summed E-state index contributed by atoms with van der Waals surface area (Å²) in [6, 6.07) is -0.539. The van der Waals surface area contributed by atoms with Crippen molar-refractivity contribution in [3.05, 3.63) is 0 Å². The molecule has 6 nitrogen and oxygen atoms in total. The summed E-state index contributed by atoms with van der Waals surface area (Å²) >= 11 is 0. The molecule has 2 unspecified atom stereocenters. The summed E-state index contributed by atoms with van der Waals surface area (Å²) in [4.78, 5) is 24.7. The Bertz CT molecular complexity index is 1310. The van der Waals surface area contributed by atoms with Crippen LogP contribution in [-0.2, 0) is 14.3 Å². The highest BCUT2D eigenvalue weighted by Crippen LogP contribution is 2.21. The predicted molar refractivity (Wildman–Crippen MR) is 394 cm³/mol. The van der Waals surface area contributed by atoms with Crippen molar-refractivity contribution in [3.8, 4) is 0 Å². The molecule has 0 rings (SSSR count). The predicted octanol–water partition coefficient (Wildman–Crippen LogP) is 27.7. The van der Waals surface area contributed by atoms with E-state index in [9.17, 15) is 19.8 Å². The van der Waals surface area contributed by atoms with Gasteiger partial charge in [-0.25, -0.2) is 0 Å². The molecule has 0 aliphatic heterocycles. The Balaban J connectivity index is 3.32. The van der Waals surface area contributed by atoms with Gasteiger partial charge in [0, 0.05) is 12.8 Å². The third kappa shape index (κ3) is 75.8. The number of hydrogen-bond acceptors (Lipinski definition) is 5. The normalized spacial score (nSPS) is 12.4. The molecule has 532 valence electrons. The second-order valence-electron chi connectivity index (χ2n) is 29.2. The maximum Gasteiger partial charge on any atom is 0.305 e. The van der Waals surface area contributed by atoms with Crippen LogP contribution in [-0.4, -0.2) is 47.4 Å². The molecular formula is C83H165NO5. The van der Waals surface area contributed by atoms with Crippen molar-refractivity contribution in [2.45, 2.75) is 508 Å². The van der Waals surface area contributed by atoms with Gasteiger partial charge in [0.05, 0.1) is 25.4 Å². The van der Waals surface area contributed by atoms with E-state index < -0.39 is 12.1 Å². The topological polar surface area (TPSA) is 95.9 Å². The van der Waals surface area contributed by atoms with Crippen LogP contribution in [0.25, 0.3) is 0 Å². The maximum absolute atomic E-state index is 12.6. The molecular weight excluding hydrogens is 1090 g/mol. The van der Waals surface area contributed by atoms with E-state index >= 15 is 0 Å². The SMILES string of the molecule is CCCCCCCCCCCCCCCCCCCCCCCCCCCC(O)C(CO)NC(=O)CCCCCCCCCCCCCCCCCCCCCCCCCCCCCCCCCOC(=O)CCCCCCCCCCCCCCCCCC. The number of aliphatic hydroxyl groups is 2. The molecule has 0 bridgehead atoms. The molecule has 3 N–H and O–H groups in total. The lowest BCUT2D eigenvalue weighted by Crippen LogP contribution is -2.45. The minimum Gasteiger partial charge on any atom is -0.466 e. The van der Waals surface area contributed by atoms with E-state index in [0.29, 0.717) is 25.9 Å². The van der Waals surface area contributed by atoms with Gasteiger partial charge < -0.3 is 20.3 Å². The van der Waals surface area contributed by atoms with E-state index in [1.165, 1.54) is 424 Å². The summed E-state index contributed by atoms with van der Waals surface area (Å²) in [5.74, 6) is 0.00222. The molecule has 0 aliphatic carbocycles. The summed E-state index contributed by atoms with van der Waals surface area (Å²) in [7, 11) is 0. The van der Waals surface area contributed by atoms with Gasteiger partial charge >= 0.3 is 5.97 Å². The monoisotopic (exact) mass is 1260 g/mol. The van der Waals surface area contributed by atoms with Crippen LogP contribution in [0.3, 0.4) is 0 Å². The molecule has 0 radical (unpaired) electrons. The van der Waals surface area contributed by atoms with Gasteiger partial charge in [-0.1, -0.05) is 457 Å². The summed E-state index contributed by atoms with van der Waals surface area (Å²) in [6.45, 7) is 5.03. The first-order chi connectivity index (χ1) is 44.0. The van der Waals surface area contributed by atoms with Crippen LogP contribution < -0.4 is 5.32 Å². The fourth-order valence-electron chi connectivity index (χ4n) is 13.8. The molecule has 0 fully saturated rings. The highest BCUT2D eigenvalue weighted by Gasteiger charge is 2.20. The number of aliphatic hydroxyl groups excluding tert-OH is 2. The molecule has 0 aromatic heterocycles. The van der Waals surface area contributed by atoms with Gasteiger partial charge in [-0.15, -0.1) is 0 Å². The van der Waals surface area contributed by atoms with Crippen LogP contribution in [0.2, 0.25) is 0 Å². The lowest BCUT2D eigenvalue weighted by Gasteiger charge is -2.22. The van der Waals surface area contributed by atoms with Gasteiger partial charge in [0.25, 0.3) is 0 Å². The Morgan fingerprint density at radius 2 is 0.461 bits per heavy atom. The van der Waals surface area contributed by atoms with Crippen LogP contribution >= 0.6 is 0 Å². The van der Waals surface area contributed by atoms with Crippen molar-refractivity contribution in [2.75, 3.05) is 13.2 Å². The number of amides is 1. The van der Waals surface area contributed by atoms with Crippen LogP contribution in [0.5, 0.6) is 0 Å². The van der Waals surface area contributed by atoms with E-state index in [1.807, 2.05) is 0 Å². The van der Waals surface area contributed by atoms with Gasteiger partial charge in [-0.3, -0.25) is 9.59 Å². The Morgan fingerprint density at radius 3 is 0.685 bits per heavy atom. The maximum atomic E-state index is 12.6. The zero-order valence-electron chi connectivity index (χ0n) is 61.2. The van der Waals surface area contributed by atoms with E-state index in [1.54, 1.807) is 0 Å². The standard InChI is InChI=1S/C83H165NO5/c1-3-5-7-9-11-13-15-17-19-21-22-23-24-32-35-38-41-44-47-51-55-59-63-67-71-75-81(86)80(79-85)84-82(87)76-72-68-64-60-56-52-48-45-42-39-36-33-30-28-26-25-27-29-31-34-37-40-43-46-50-54-58-62-66-70-74-78-89-83(88)77-73-69-65-61-57-53-49-20-18-16-14-12-10-8-6-4-2/h80-81,85-86H,3-79H2,1-2H3,(H,84,87). The fraction of sp³-hybridized carbons (Fsp3) is 0.976. The number of carbonyl (C=O) groups is 2. The summed E-state index contributed by atoms with van der Waals surface area (Å²) in [5.41, 5.74) is 0. The van der Waals surface area contributed by atoms with Crippen LogP contribution in [0, 0.1) is 0 Å². The van der Waals surface area contributed by atoms with E-state index in [-0.39, 0.29) is 18.5 Å². The molecule has 0 spiro atoms. The Morgan fingerprint density at radius 1 is 0.270 bits per heavy atom. The van der Waals surface area contributed by atoms with E-state index in [0.717, 1.165) is 38.5 Å². The van der Waals surface area contributed by atoms with E-state index in [4.69, 9.17) is 4.74 Å². The molecule has 0 saturated carbocycles. The molecule has 2 atom stereocenters. The van der Waals surface area contributed by atoms with Crippen LogP contribution in [0.1, 0.15) is 495 Å². The number of nitrogens with one attached hydrogen (secondary N) is 1. The van der Waals surface area contributed by atoms with Gasteiger partial charge in [0.2, 0.25) is 5.91 Å². The van der Waals surface area contributed by atoms with Gasteiger partial charge in [-0.05, 0) is 25.7 Å². The number of hydrogen-bond donors (Lipinski definition) is 3. The minimum atomic E-state index is -0.662. The van der Waals surface area contributed by atoms with Gasteiger partial charge in [0.1, 0.15) is 0 Å². The summed E-state index contributed by atoms with van der Waals surface area (Å²) in [5, 5.41) is 23.5. The summed E-state index contributed by atoms with van der Waals surface area (Å²) in [6.07, 6.45) is 99.3. The third-order valence-corrected chi connectivity index (χ3v) is 20.2. The number of unbranched alkanes of at least 4 members (excludes halogenated alkanes) is 69. The smallest absolute Gasteiger partial charge is 0.305 e. The largest absolute Gasteiger partial charge is 0.466 e. The molecule has 0 saturated heterocycles. The molecule has 0 aromatic rings. The second-order valence-corrected chi connectivity index (χ2v) is 29.2. The van der Waals surface area contributed by atoms with Gasteiger partial charge in [-0.2, -0.15) is 0 Å². The highest BCUT2D eigenvalue weighted by atomic mass is 16.5. The van der Waals surface area contributed by atoms with E-state index in [2.05, 4.69) is 19.2 Å². The number of esters is 1. The second kappa shape index (κ2) is 79.3. The first-order valence-electron chi connectivity index (χ1n) is 41.8.